The fraction of sp³-hybridized carbons (Fsp3) is 1.00. The molecule has 0 fully saturated rings. The highest BCUT2D eigenvalue weighted by Crippen LogP contribution is 2.29. The van der Waals surface area contributed by atoms with Crippen LogP contribution in [0.4, 0.5) is 22.0 Å². The molecule has 0 radical (unpaired) electrons. The highest BCUT2D eigenvalue weighted by atomic mass is 32.1. The Morgan fingerprint density at radius 2 is 1.60 bits per heavy atom. The summed E-state index contributed by atoms with van der Waals surface area (Å²) in [4.78, 5) is 0. The number of thiol groups is 1. The van der Waals surface area contributed by atoms with Gasteiger partial charge in [0.15, 0.2) is 6.17 Å². The summed E-state index contributed by atoms with van der Waals surface area (Å²) >= 11 is 3.12. The molecule has 0 saturated carbocycles. The lowest BCUT2D eigenvalue weighted by Crippen LogP contribution is -2.38. The molecule has 0 aromatic carbocycles. The van der Waals surface area contributed by atoms with Crippen LogP contribution in [0.2, 0.25) is 0 Å². The third-order valence-corrected chi connectivity index (χ3v) is 1.19. The quantitative estimate of drug-likeness (QED) is 0.499. The van der Waals surface area contributed by atoms with Gasteiger partial charge < -0.3 is 0 Å². The monoisotopic (exact) mass is 180 g/mol. The van der Waals surface area contributed by atoms with Crippen molar-refractivity contribution in [3.63, 3.8) is 0 Å². The maximum atomic E-state index is 11.9. The normalized spacial score (nSPS) is 15.9. The molecule has 0 rings (SSSR count). The molecular formula is C4H5F5S. The van der Waals surface area contributed by atoms with Crippen molar-refractivity contribution in [2.75, 3.05) is 5.75 Å². The van der Waals surface area contributed by atoms with E-state index in [1.165, 1.54) is 0 Å². The number of rotatable bonds is 3. The van der Waals surface area contributed by atoms with Gasteiger partial charge in [-0.05, 0) is 0 Å². The summed E-state index contributed by atoms with van der Waals surface area (Å²) in [6.07, 6.45) is -6.84. The van der Waals surface area contributed by atoms with Crippen molar-refractivity contribution in [1.82, 2.24) is 0 Å². The number of hydrogen-bond acceptors (Lipinski definition) is 1. The van der Waals surface area contributed by atoms with Gasteiger partial charge in [0, 0.05) is 5.75 Å². The van der Waals surface area contributed by atoms with E-state index >= 15 is 0 Å². The van der Waals surface area contributed by atoms with E-state index in [0.29, 0.717) is 0 Å². The standard InChI is InChI=1S/C4H5F5S/c5-2(1-10)4(8,9)3(6)7/h2-3,10H,1H2. The van der Waals surface area contributed by atoms with Crippen molar-refractivity contribution in [2.45, 2.75) is 18.5 Å². The predicted octanol–water partition coefficient (Wildman–Crippen LogP) is 2.15. The fourth-order valence-electron chi connectivity index (χ4n) is 0.258. The first-order chi connectivity index (χ1) is 4.42. The molecule has 0 spiro atoms. The Morgan fingerprint density at radius 1 is 1.20 bits per heavy atom. The van der Waals surface area contributed by atoms with Crippen molar-refractivity contribution in [3.8, 4) is 0 Å². The van der Waals surface area contributed by atoms with Crippen LogP contribution < -0.4 is 0 Å². The van der Waals surface area contributed by atoms with E-state index in [1.54, 1.807) is 0 Å². The Morgan fingerprint density at radius 3 is 1.70 bits per heavy atom. The van der Waals surface area contributed by atoms with Gasteiger partial charge in [0.25, 0.3) is 0 Å². The first kappa shape index (κ1) is 10.0. The molecule has 0 aliphatic carbocycles. The lowest BCUT2D eigenvalue weighted by molar-refractivity contribution is -0.164. The summed E-state index contributed by atoms with van der Waals surface area (Å²) < 4.78 is 57.8. The second kappa shape index (κ2) is 3.41. The maximum Gasteiger partial charge on any atom is 0.338 e. The van der Waals surface area contributed by atoms with Gasteiger partial charge in [0.1, 0.15) is 0 Å². The van der Waals surface area contributed by atoms with Crippen molar-refractivity contribution in [1.29, 1.82) is 0 Å². The van der Waals surface area contributed by atoms with E-state index < -0.39 is 24.3 Å². The van der Waals surface area contributed by atoms with Crippen LogP contribution in [0.25, 0.3) is 0 Å². The second-order valence-corrected chi connectivity index (χ2v) is 1.99. The Labute approximate surface area is 59.8 Å². The molecule has 0 aromatic rings. The van der Waals surface area contributed by atoms with Crippen molar-refractivity contribution < 1.29 is 22.0 Å². The summed E-state index contributed by atoms with van der Waals surface area (Å²) in [6.45, 7) is 0. The summed E-state index contributed by atoms with van der Waals surface area (Å²) in [5.41, 5.74) is 0. The lowest BCUT2D eigenvalue weighted by atomic mass is 10.2. The molecule has 0 heterocycles. The molecule has 0 N–H and O–H groups in total. The molecule has 0 amide bonds. The van der Waals surface area contributed by atoms with Crippen LogP contribution in [-0.2, 0) is 0 Å². The van der Waals surface area contributed by atoms with E-state index in [9.17, 15) is 22.0 Å². The minimum atomic E-state index is -4.57. The zero-order valence-electron chi connectivity index (χ0n) is 4.70. The second-order valence-electron chi connectivity index (χ2n) is 1.63. The van der Waals surface area contributed by atoms with Crippen LogP contribution in [0.3, 0.4) is 0 Å². The van der Waals surface area contributed by atoms with Crippen molar-refractivity contribution in [3.05, 3.63) is 0 Å². The Balaban J connectivity index is 4.09. The predicted molar refractivity (Wildman–Crippen MR) is 29.7 cm³/mol. The van der Waals surface area contributed by atoms with Gasteiger partial charge in [-0.3, -0.25) is 0 Å². The SMILES string of the molecule is FC(F)C(F)(F)C(F)CS. The van der Waals surface area contributed by atoms with Gasteiger partial charge in [-0.15, -0.1) is 0 Å². The Kier molecular flexibility index (Phi) is 3.41. The molecule has 1 unspecified atom stereocenters. The first-order valence-electron chi connectivity index (χ1n) is 2.33. The van der Waals surface area contributed by atoms with E-state index in [1.807, 2.05) is 0 Å². The lowest BCUT2D eigenvalue weighted by Gasteiger charge is -2.17. The van der Waals surface area contributed by atoms with Crippen LogP contribution in [0.15, 0.2) is 0 Å². The van der Waals surface area contributed by atoms with E-state index in [2.05, 4.69) is 12.6 Å². The minimum Gasteiger partial charge on any atom is -0.240 e. The zero-order chi connectivity index (χ0) is 8.36. The molecular weight excluding hydrogens is 175 g/mol. The van der Waals surface area contributed by atoms with Gasteiger partial charge in [-0.1, -0.05) is 0 Å². The van der Waals surface area contributed by atoms with Crippen LogP contribution in [0.5, 0.6) is 0 Å². The third-order valence-electron chi connectivity index (χ3n) is 0.869. The smallest absolute Gasteiger partial charge is 0.240 e. The molecule has 0 aromatic heterocycles. The van der Waals surface area contributed by atoms with E-state index in [4.69, 9.17) is 0 Å². The van der Waals surface area contributed by atoms with E-state index in [0.717, 1.165) is 0 Å². The first-order valence-corrected chi connectivity index (χ1v) is 2.97. The van der Waals surface area contributed by atoms with E-state index in [-0.39, 0.29) is 0 Å². The summed E-state index contributed by atoms with van der Waals surface area (Å²) in [5.74, 6) is -5.47. The van der Waals surface area contributed by atoms with Gasteiger partial charge in [0.05, 0.1) is 0 Å². The molecule has 0 aliphatic rings. The van der Waals surface area contributed by atoms with Gasteiger partial charge in [-0.25, -0.2) is 13.2 Å². The average Bonchev–Trinajstić information content (AvgIpc) is 1.86. The largest absolute Gasteiger partial charge is 0.338 e. The van der Waals surface area contributed by atoms with Crippen LogP contribution in [-0.4, -0.2) is 24.3 Å². The zero-order valence-corrected chi connectivity index (χ0v) is 5.59. The fourth-order valence-corrected chi connectivity index (χ4v) is 0.502. The van der Waals surface area contributed by atoms with Crippen LogP contribution in [0.1, 0.15) is 0 Å². The van der Waals surface area contributed by atoms with Crippen molar-refractivity contribution >= 4 is 12.6 Å². The summed E-state index contributed by atoms with van der Waals surface area (Å²) in [5, 5.41) is 0. The minimum absolute atomic E-state index is 0.905. The number of halogens is 5. The maximum absolute atomic E-state index is 11.9. The summed E-state index contributed by atoms with van der Waals surface area (Å²) in [6, 6.07) is 0. The Bertz CT molecular complexity index is 104. The van der Waals surface area contributed by atoms with Gasteiger partial charge >= 0.3 is 12.3 Å². The van der Waals surface area contributed by atoms with Gasteiger partial charge in [-0.2, -0.15) is 21.4 Å². The van der Waals surface area contributed by atoms with Crippen molar-refractivity contribution in [2.24, 2.45) is 0 Å². The molecule has 0 bridgehead atoms. The molecule has 10 heavy (non-hydrogen) atoms. The number of alkyl halides is 5. The molecule has 0 saturated heterocycles. The number of hydrogen-bond donors (Lipinski definition) is 1. The highest BCUT2D eigenvalue weighted by Gasteiger charge is 2.48. The molecule has 0 aliphatic heterocycles. The van der Waals surface area contributed by atoms with Gasteiger partial charge in [0.2, 0.25) is 0 Å². The molecule has 6 heteroatoms. The molecule has 1 atom stereocenters. The average molecular weight is 180 g/mol. The topological polar surface area (TPSA) is 0 Å². The third kappa shape index (κ3) is 2.00. The molecule has 62 valence electrons. The highest BCUT2D eigenvalue weighted by molar-refractivity contribution is 7.80. The summed E-state index contributed by atoms with van der Waals surface area (Å²) in [7, 11) is 0. The van der Waals surface area contributed by atoms with Crippen LogP contribution in [0, 0.1) is 0 Å². The molecule has 0 nitrogen and oxygen atoms in total. The Hall–Kier alpha value is -0.0000000000000000555. The van der Waals surface area contributed by atoms with Crippen LogP contribution >= 0.6 is 12.6 Å².